The van der Waals surface area contributed by atoms with Crippen molar-refractivity contribution in [3.05, 3.63) is 64.2 Å². The van der Waals surface area contributed by atoms with Crippen molar-refractivity contribution in [3.8, 4) is 5.75 Å². The number of para-hydroxylation sites is 1. The summed E-state index contributed by atoms with van der Waals surface area (Å²) in [5, 5.41) is 25.8. The van der Waals surface area contributed by atoms with Crippen LogP contribution in [0.15, 0.2) is 48.5 Å². The molecule has 0 aliphatic heterocycles. The Balaban J connectivity index is 1.78. The first-order chi connectivity index (χ1) is 10.6. The quantitative estimate of drug-likeness (QED) is 0.431. The molecular formula is C15H15N3O4. The number of anilines is 1. The molecule has 2 rings (SSSR count). The summed E-state index contributed by atoms with van der Waals surface area (Å²) in [6, 6.07) is 12.3. The van der Waals surface area contributed by atoms with Gasteiger partial charge in [-0.2, -0.15) is 0 Å². The molecular weight excluding hydrogens is 286 g/mol. The minimum Gasteiger partial charge on any atom is -0.507 e. The predicted molar refractivity (Wildman–Crippen MR) is 82.0 cm³/mol. The lowest BCUT2D eigenvalue weighted by atomic mass is 10.2. The van der Waals surface area contributed by atoms with Crippen LogP contribution in [0.3, 0.4) is 0 Å². The van der Waals surface area contributed by atoms with Gasteiger partial charge >= 0.3 is 0 Å². The first-order valence-electron chi connectivity index (χ1n) is 6.62. The van der Waals surface area contributed by atoms with Gasteiger partial charge in [-0.25, -0.2) is 0 Å². The fraction of sp³-hybridized carbons (Fsp3) is 0.133. The van der Waals surface area contributed by atoms with E-state index in [-0.39, 0.29) is 22.9 Å². The number of phenols is 1. The van der Waals surface area contributed by atoms with Gasteiger partial charge in [0.05, 0.1) is 10.5 Å². The number of nitro benzene ring substituents is 1. The van der Waals surface area contributed by atoms with E-state index in [1.165, 1.54) is 24.3 Å². The highest BCUT2D eigenvalue weighted by Crippen LogP contribution is 2.16. The molecule has 0 saturated heterocycles. The normalized spacial score (nSPS) is 10.0. The molecule has 0 spiro atoms. The molecule has 2 aromatic carbocycles. The van der Waals surface area contributed by atoms with E-state index < -0.39 is 4.92 Å². The summed E-state index contributed by atoms with van der Waals surface area (Å²) in [5.74, 6) is -0.424. The summed E-state index contributed by atoms with van der Waals surface area (Å²) in [6.07, 6.45) is 0. The molecule has 0 fully saturated rings. The molecule has 2 aromatic rings. The monoisotopic (exact) mass is 301 g/mol. The number of carbonyl (C=O) groups is 1. The minimum absolute atomic E-state index is 0.0263. The van der Waals surface area contributed by atoms with Gasteiger partial charge < -0.3 is 15.7 Å². The largest absolute Gasteiger partial charge is 0.507 e. The Bertz CT molecular complexity index is 671. The number of carbonyl (C=O) groups excluding carboxylic acids is 1. The van der Waals surface area contributed by atoms with E-state index in [9.17, 15) is 20.0 Å². The molecule has 0 aromatic heterocycles. The number of nitrogens with zero attached hydrogens (tertiary/aromatic N) is 1. The molecule has 1 amide bonds. The number of rotatable bonds is 6. The van der Waals surface area contributed by atoms with E-state index in [1.807, 2.05) is 0 Å². The molecule has 3 N–H and O–H groups in total. The highest BCUT2D eigenvalue weighted by molar-refractivity contribution is 5.96. The third kappa shape index (κ3) is 3.95. The minimum atomic E-state index is -0.462. The zero-order valence-electron chi connectivity index (χ0n) is 11.7. The van der Waals surface area contributed by atoms with E-state index >= 15 is 0 Å². The molecule has 0 aliphatic rings. The summed E-state index contributed by atoms with van der Waals surface area (Å²) >= 11 is 0. The van der Waals surface area contributed by atoms with Gasteiger partial charge in [-0.05, 0) is 24.3 Å². The fourth-order valence-corrected chi connectivity index (χ4v) is 1.84. The van der Waals surface area contributed by atoms with E-state index in [2.05, 4.69) is 10.6 Å². The van der Waals surface area contributed by atoms with Gasteiger partial charge in [0.2, 0.25) is 0 Å². The highest BCUT2D eigenvalue weighted by atomic mass is 16.6. The second kappa shape index (κ2) is 7.07. The molecule has 0 radical (unpaired) electrons. The van der Waals surface area contributed by atoms with Crippen LogP contribution in [0.5, 0.6) is 5.75 Å². The number of non-ortho nitro benzene ring substituents is 1. The first-order valence-corrected chi connectivity index (χ1v) is 6.62. The van der Waals surface area contributed by atoms with Crippen molar-refractivity contribution in [2.24, 2.45) is 0 Å². The van der Waals surface area contributed by atoms with Crippen molar-refractivity contribution < 1.29 is 14.8 Å². The summed E-state index contributed by atoms with van der Waals surface area (Å²) in [7, 11) is 0. The maximum Gasteiger partial charge on any atom is 0.269 e. The lowest BCUT2D eigenvalue weighted by Crippen LogP contribution is -2.28. The Kier molecular flexibility index (Phi) is 4.92. The van der Waals surface area contributed by atoms with Crippen LogP contribution in [0.2, 0.25) is 0 Å². The van der Waals surface area contributed by atoms with Gasteiger partial charge in [0.15, 0.2) is 0 Å². The number of aromatic hydroxyl groups is 1. The van der Waals surface area contributed by atoms with Crippen molar-refractivity contribution in [1.29, 1.82) is 0 Å². The molecule has 7 nitrogen and oxygen atoms in total. The molecule has 0 heterocycles. The average Bonchev–Trinajstić information content (AvgIpc) is 2.52. The maximum absolute atomic E-state index is 11.8. The number of benzene rings is 2. The molecule has 0 unspecified atom stereocenters. The molecule has 0 saturated carbocycles. The van der Waals surface area contributed by atoms with E-state index in [4.69, 9.17) is 0 Å². The van der Waals surface area contributed by atoms with Crippen LogP contribution < -0.4 is 10.6 Å². The molecule has 0 atom stereocenters. The van der Waals surface area contributed by atoms with Gasteiger partial charge in [-0.15, -0.1) is 0 Å². The van der Waals surface area contributed by atoms with Crippen LogP contribution in [-0.4, -0.2) is 29.0 Å². The topological polar surface area (TPSA) is 104 Å². The Labute approximate surface area is 126 Å². The van der Waals surface area contributed by atoms with Gasteiger partial charge in [0.1, 0.15) is 5.75 Å². The number of hydrogen-bond donors (Lipinski definition) is 3. The van der Waals surface area contributed by atoms with Crippen LogP contribution in [0, 0.1) is 10.1 Å². The molecule has 7 heteroatoms. The Morgan fingerprint density at radius 2 is 1.77 bits per heavy atom. The van der Waals surface area contributed by atoms with Crippen LogP contribution in [-0.2, 0) is 0 Å². The lowest BCUT2D eigenvalue weighted by Gasteiger charge is -2.08. The fourth-order valence-electron chi connectivity index (χ4n) is 1.84. The second-order valence-electron chi connectivity index (χ2n) is 4.50. The molecule has 114 valence electrons. The molecule has 0 aliphatic carbocycles. The van der Waals surface area contributed by atoms with Crippen molar-refractivity contribution >= 4 is 17.3 Å². The zero-order chi connectivity index (χ0) is 15.9. The van der Waals surface area contributed by atoms with Crippen LogP contribution in [0.25, 0.3) is 0 Å². The Morgan fingerprint density at radius 3 is 2.41 bits per heavy atom. The van der Waals surface area contributed by atoms with Crippen molar-refractivity contribution in [1.82, 2.24) is 5.32 Å². The standard InChI is InChI=1S/C15H15N3O4/c19-14-4-2-1-3-13(14)15(20)17-10-9-16-11-5-7-12(8-6-11)18(21)22/h1-8,16,19H,9-10H2,(H,17,20). The van der Waals surface area contributed by atoms with E-state index in [0.29, 0.717) is 13.1 Å². The van der Waals surface area contributed by atoms with E-state index in [0.717, 1.165) is 5.69 Å². The average molecular weight is 301 g/mol. The Morgan fingerprint density at radius 1 is 1.09 bits per heavy atom. The lowest BCUT2D eigenvalue weighted by molar-refractivity contribution is -0.384. The summed E-state index contributed by atoms with van der Waals surface area (Å²) in [4.78, 5) is 21.9. The van der Waals surface area contributed by atoms with Crippen LogP contribution in [0.4, 0.5) is 11.4 Å². The van der Waals surface area contributed by atoms with Gasteiger partial charge in [0.25, 0.3) is 11.6 Å². The smallest absolute Gasteiger partial charge is 0.269 e. The number of nitrogens with one attached hydrogen (secondary N) is 2. The maximum atomic E-state index is 11.8. The zero-order valence-corrected chi connectivity index (χ0v) is 11.7. The number of hydrogen-bond acceptors (Lipinski definition) is 5. The van der Waals surface area contributed by atoms with E-state index in [1.54, 1.807) is 24.3 Å². The summed E-state index contributed by atoms with van der Waals surface area (Å²) in [6.45, 7) is 0.807. The number of amides is 1. The molecule has 0 bridgehead atoms. The van der Waals surface area contributed by atoms with Crippen molar-refractivity contribution in [2.45, 2.75) is 0 Å². The number of nitro groups is 1. The molecule has 22 heavy (non-hydrogen) atoms. The van der Waals surface area contributed by atoms with Crippen molar-refractivity contribution in [3.63, 3.8) is 0 Å². The van der Waals surface area contributed by atoms with Gasteiger partial charge in [-0.3, -0.25) is 14.9 Å². The highest BCUT2D eigenvalue weighted by Gasteiger charge is 2.09. The van der Waals surface area contributed by atoms with Crippen LogP contribution in [0.1, 0.15) is 10.4 Å². The SMILES string of the molecule is O=C(NCCNc1ccc([N+](=O)[O-])cc1)c1ccccc1O. The third-order valence-corrected chi connectivity index (χ3v) is 2.97. The van der Waals surface area contributed by atoms with Crippen LogP contribution >= 0.6 is 0 Å². The van der Waals surface area contributed by atoms with Gasteiger partial charge in [0, 0.05) is 30.9 Å². The third-order valence-electron chi connectivity index (χ3n) is 2.97. The second-order valence-corrected chi connectivity index (χ2v) is 4.50. The summed E-state index contributed by atoms with van der Waals surface area (Å²) < 4.78 is 0. The Hall–Kier alpha value is -3.09. The van der Waals surface area contributed by atoms with Gasteiger partial charge in [-0.1, -0.05) is 12.1 Å². The van der Waals surface area contributed by atoms with Crippen molar-refractivity contribution in [2.75, 3.05) is 18.4 Å². The number of phenolic OH excluding ortho intramolecular Hbond substituents is 1. The summed E-state index contributed by atoms with van der Waals surface area (Å²) in [5.41, 5.74) is 0.971. The predicted octanol–water partition coefficient (Wildman–Crippen LogP) is 2.14. The first kappa shape index (κ1) is 15.3.